The number of hydrogen-bond donors (Lipinski definition) is 1. The Hall–Kier alpha value is -3.80. The number of rotatable bonds is 5. The Labute approximate surface area is 160 Å². The van der Waals surface area contributed by atoms with Gasteiger partial charge in [0, 0.05) is 11.8 Å². The van der Waals surface area contributed by atoms with Crippen LogP contribution in [0.1, 0.15) is 16.1 Å². The van der Waals surface area contributed by atoms with E-state index in [2.05, 4.69) is 15.3 Å². The van der Waals surface area contributed by atoms with Gasteiger partial charge in [-0.15, -0.1) is 0 Å². The predicted octanol–water partition coefficient (Wildman–Crippen LogP) is 4.60. The average Bonchev–Trinajstić information content (AvgIpc) is 2.73. The number of fused-ring (bicyclic) bond motifs is 1. The highest BCUT2D eigenvalue weighted by atomic mass is 19.1. The molecule has 0 bridgehead atoms. The molecule has 0 atom stereocenters. The maximum absolute atomic E-state index is 13.0. The fourth-order valence-electron chi connectivity index (χ4n) is 2.67. The molecule has 0 saturated heterocycles. The molecule has 0 aliphatic heterocycles. The fourth-order valence-corrected chi connectivity index (χ4v) is 2.67. The van der Waals surface area contributed by atoms with Crippen LogP contribution in [-0.4, -0.2) is 15.9 Å². The second-order valence-corrected chi connectivity index (χ2v) is 6.14. The zero-order valence-corrected chi connectivity index (χ0v) is 14.8. The third kappa shape index (κ3) is 4.12. The first-order valence-corrected chi connectivity index (χ1v) is 8.68. The van der Waals surface area contributed by atoms with E-state index in [9.17, 15) is 9.18 Å². The molecule has 1 amide bonds. The van der Waals surface area contributed by atoms with E-state index >= 15 is 0 Å². The van der Waals surface area contributed by atoms with Crippen LogP contribution < -0.4 is 10.1 Å². The van der Waals surface area contributed by atoms with Crippen LogP contribution in [0, 0.1) is 5.82 Å². The minimum atomic E-state index is -0.353. The van der Waals surface area contributed by atoms with Crippen molar-refractivity contribution in [2.45, 2.75) is 6.61 Å². The number of nitrogens with one attached hydrogen (secondary N) is 1. The van der Waals surface area contributed by atoms with Gasteiger partial charge in [-0.3, -0.25) is 9.78 Å². The SMILES string of the molecule is O=C(Nc1cccc(OCc2ccc(F)cc2)c1)c1cnc2ccccc2n1. The zero-order chi connectivity index (χ0) is 19.3. The van der Waals surface area contributed by atoms with Crippen molar-refractivity contribution in [1.82, 2.24) is 9.97 Å². The highest BCUT2D eigenvalue weighted by Gasteiger charge is 2.10. The van der Waals surface area contributed by atoms with Crippen LogP contribution in [0.25, 0.3) is 11.0 Å². The summed E-state index contributed by atoms with van der Waals surface area (Å²) in [7, 11) is 0. The van der Waals surface area contributed by atoms with Crippen molar-refractivity contribution in [2.24, 2.45) is 0 Å². The monoisotopic (exact) mass is 373 g/mol. The summed E-state index contributed by atoms with van der Waals surface area (Å²) in [5.41, 5.74) is 3.05. The van der Waals surface area contributed by atoms with Gasteiger partial charge in [0.05, 0.1) is 17.2 Å². The van der Waals surface area contributed by atoms with Crippen molar-refractivity contribution >= 4 is 22.6 Å². The first kappa shape index (κ1) is 17.6. The van der Waals surface area contributed by atoms with E-state index in [0.717, 1.165) is 11.1 Å². The molecule has 0 aliphatic rings. The Balaban J connectivity index is 1.44. The number of carbonyl (C=O) groups excluding carboxylic acids is 1. The Bertz CT molecular complexity index is 1130. The average molecular weight is 373 g/mol. The first-order chi connectivity index (χ1) is 13.7. The van der Waals surface area contributed by atoms with E-state index in [-0.39, 0.29) is 17.4 Å². The topological polar surface area (TPSA) is 64.1 Å². The normalized spacial score (nSPS) is 10.6. The number of hydrogen-bond acceptors (Lipinski definition) is 4. The third-order valence-electron chi connectivity index (χ3n) is 4.09. The first-order valence-electron chi connectivity index (χ1n) is 8.68. The maximum atomic E-state index is 13.0. The summed E-state index contributed by atoms with van der Waals surface area (Å²) in [5.74, 6) is -0.0501. The van der Waals surface area contributed by atoms with Crippen LogP contribution in [0.2, 0.25) is 0 Å². The van der Waals surface area contributed by atoms with Crippen molar-refractivity contribution < 1.29 is 13.9 Å². The second kappa shape index (κ2) is 7.84. The quantitative estimate of drug-likeness (QED) is 0.555. The maximum Gasteiger partial charge on any atom is 0.275 e. The molecule has 1 N–H and O–H groups in total. The van der Waals surface area contributed by atoms with Crippen LogP contribution in [0.15, 0.2) is 79.0 Å². The fraction of sp³-hybridized carbons (Fsp3) is 0.0455. The molecule has 5 nitrogen and oxygen atoms in total. The highest BCUT2D eigenvalue weighted by Crippen LogP contribution is 2.19. The third-order valence-corrected chi connectivity index (χ3v) is 4.09. The molecule has 0 radical (unpaired) electrons. The lowest BCUT2D eigenvalue weighted by molar-refractivity contribution is 0.102. The molecule has 0 spiro atoms. The molecule has 0 saturated carbocycles. The van der Waals surface area contributed by atoms with Gasteiger partial charge < -0.3 is 10.1 Å². The number of nitrogens with zero attached hydrogens (tertiary/aromatic N) is 2. The molecule has 138 valence electrons. The number of amides is 1. The van der Waals surface area contributed by atoms with Crippen molar-refractivity contribution in [3.05, 3.63) is 96.1 Å². The number of benzene rings is 3. The van der Waals surface area contributed by atoms with Crippen LogP contribution in [0.5, 0.6) is 5.75 Å². The summed E-state index contributed by atoms with van der Waals surface area (Å²) in [4.78, 5) is 21.1. The number of aromatic nitrogens is 2. The van der Waals surface area contributed by atoms with Crippen molar-refractivity contribution in [3.63, 3.8) is 0 Å². The van der Waals surface area contributed by atoms with Gasteiger partial charge in [-0.2, -0.15) is 0 Å². The highest BCUT2D eigenvalue weighted by molar-refractivity contribution is 6.03. The van der Waals surface area contributed by atoms with Gasteiger partial charge >= 0.3 is 0 Å². The van der Waals surface area contributed by atoms with Gasteiger partial charge in [0.25, 0.3) is 5.91 Å². The van der Waals surface area contributed by atoms with Gasteiger partial charge in [-0.05, 0) is 42.0 Å². The Morgan fingerprint density at radius 3 is 2.57 bits per heavy atom. The van der Waals surface area contributed by atoms with E-state index in [1.807, 2.05) is 24.3 Å². The standard InChI is InChI=1S/C22H16FN3O2/c23-16-10-8-15(9-11-16)14-28-18-5-3-4-17(12-18)25-22(27)21-13-24-19-6-1-2-7-20(19)26-21/h1-13H,14H2,(H,25,27). The van der Waals surface area contributed by atoms with Gasteiger partial charge in [0.15, 0.2) is 0 Å². The summed E-state index contributed by atoms with van der Waals surface area (Å²) in [6.07, 6.45) is 1.45. The van der Waals surface area contributed by atoms with Gasteiger partial charge in [-0.25, -0.2) is 9.37 Å². The summed E-state index contributed by atoms with van der Waals surface area (Å²) in [6.45, 7) is 0.299. The Morgan fingerprint density at radius 1 is 0.964 bits per heavy atom. The summed E-state index contributed by atoms with van der Waals surface area (Å²) in [5, 5.41) is 2.80. The van der Waals surface area contributed by atoms with E-state index in [4.69, 9.17) is 4.74 Å². The molecule has 4 rings (SSSR count). The number of carbonyl (C=O) groups is 1. The van der Waals surface area contributed by atoms with Gasteiger partial charge in [-0.1, -0.05) is 30.3 Å². The molecule has 1 aromatic heterocycles. The zero-order valence-electron chi connectivity index (χ0n) is 14.8. The van der Waals surface area contributed by atoms with Crippen LogP contribution in [0.4, 0.5) is 10.1 Å². The molecule has 0 aliphatic carbocycles. The summed E-state index contributed by atoms with van der Waals surface area (Å²) >= 11 is 0. The summed E-state index contributed by atoms with van der Waals surface area (Å²) in [6, 6.07) is 20.5. The molecular weight excluding hydrogens is 357 g/mol. The minimum Gasteiger partial charge on any atom is -0.489 e. The van der Waals surface area contributed by atoms with Crippen molar-refractivity contribution in [1.29, 1.82) is 0 Å². The van der Waals surface area contributed by atoms with Crippen molar-refractivity contribution in [2.75, 3.05) is 5.32 Å². The summed E-state index contributed by atoms with van der Waals surface area (Å²) < 4.78 is 18.7. The molecule has 28 heavy (non-hydrogen) atoms. The predicted molar refractivity (Wildman–Crippen MR) is 105 cm³/mol. The number of anilines is 1. The van der Waals surface area contributed by atoms with Gasteiger partial charge in [0.2, 0.25) is 0 Å². The van der Waals surface area contributed by atoms with Crippen LogP contribution in [0.3, 0.4) is 0 Å². The molecule has 4 aromatic rings. The van der Waals surface area contributed by atoms with E-state index < -0.39 is 0 Å². The van der Waals surface area contributed by atoms with E-state index in [1.54, 1.807) is 36.4 Å². The van der Waals surface area contributed by atoms with E-state index in [1.165, 1.54) is 18.3 Å². The van der Waals surface area contributed by atoms with Crippen molar-refractivity contribution in [3.8, 4) is 5.75 Å². The minimum absolute atomic E-state index is 0.233. The number of halogens is 1. The lowest BCUT2D eigenvalue weighted by atomic mass is 10.2. The molecule has 6 heteroatoms. The molecule has 0 fully saturated rings. The lowest BCUT2D eigenvalue weighted by Gasteiger charge is -2.09. The lowest BCUT2D eigenvalue weighted by Crippen LogP contribution is -2.14. The van der Waals surface area contributed by atoms with E-state index in [0.29, 0.717) is 23.6 Å². The molecular formula is C22H16FN3O2. The largest absolute Gasteiger partial charge is 0.489 e. The Morgan fingerprint density at radius 2 is 1.75 bits per heavy atom. The molecule has 3 aromatic carbocycles. The smallest absolute Gasteiger partial charge is 0.275 e. The molecule has 0 unspecified atom stereocenters. The van der Waals surface area contributed by atoms with Gasteiger partial charge in [0.1, 0.15) is 23.9 Å². The Kier molecular flexibility index (Phi) is 4.93. The number of ether oxygens (including phenoxy) is 1. The van der Waals surface area contributed by atoms with Crippen LogP contribution >= 0.6 is 0 Å². The number of para-hydroxylation sites is 2. The molecule has 1 heterocycles. The van der Waals surface area contributed by atoms with Crippen LogP contribution in [-0.2, 0) is 6.61 Å². The second-order valence-electron chi connectivity index (χ2n) is 6.14.